The van der Waals surface area contributed by atoms with E-state index >= 15 is 0 Å². The molecule has 2 aromatic heterocycles. The number of fused-ring (bicyclic) bond motifs is 3. The van der Waals surface area contributed by atoms with Crippen molar-refractivity contribution in [3.05, 3.63) is 49.0 Å². The normalized spacial score (nSPS) is 26.4. The van der Waals surface area contributed by atoms with Gasteiger partial charge in [-0.15, -0.1) is 0 Å². The maximum absolute atomic E-state index is 14.4. The number of aliphatic carboxylic acids is 1. The first-order chi connectivity index (χ1) is 23.9. The molecule has 5 atom stereocenters. The van der Waals surface area contributed by atoms with E-state index in [2.05, 4.69) is 15.6 Å². The Morgan fingerprint density at radius 1 is 1.16 bits per heavy atom. The number of ether oxygens (including phenoxy) is 3. The molecule has 50 heavy (non-hydrogen) atoms. The molecule has 3 N–H and O–H groups in total. The molecule has 3 aromatic rings. The standard InChI is InChI=1S/C36H43N5O9/c1-35(2,3)50-34(46)39-25-11-9-7-5-6-8-10-21-17-36(21,33(44)45)40-31(42)28-15-23(19-41(28)32(25)43)49-29-16-27(30-18-37-20-48-30)38-26-14-22(47-4)12-13-24(26)29/h8,10,12-14,16,18,20-21,23,25,28H,5-7,9,11,15,17,19H2,1-4H3,(H,39,46)(H,40,42)(H,44,45)/b10-8-/t21?,23-,25+,28+,36-/m1/s1. The van der Waals surface area contributed by atoms with Gasteiger partial charge in [-0.25, -0.2) is 19.6 Å². The quantitative estimate of drug-likeness (QED) is 0.307. The van der Waals surface area contributed by atoms with Crippen molar-refractivity contribution < 1.29 is 42.9 Å². The lowest BCUT2D eigenvalue weighted by atomic mass is 10.0. The van der Waals surface area contributed by atoms with Crippen LogP contribution in [-0.4, -0.2) is 86.8 Å². The summed E-state index contributed by atoms with van der Waals surface area (Å²) in [4.78, 5) is 63.9. The van der Waals surface area contributed by atoms with Crippen molar-refractivity contribution in [2.45, 2.75) is 95.0 Å². The zero-order valence-electron chi connectivity index (χ0n) is 28.6. The van der Waals surface area contributed by atoms with E-state index in [4.69, 9.17) is 23.6 Å². The molecule has 0 radical (unpaired) electrons. The number of amides is 3. The minimum atomic E-state index is -1.46. The molecule has 0 bridgehead atoms. The SMILES string of the molecule is COc1ccc2c(O[C@@H]3C[C@H]4C(=O)N[C@]5(C(=O)O)CC5/C=C\CCCCC[C@H](NC(=O)OC(C)(C)C)C(=O)N4C3)cc(-c3cnco3)nc2c1. The van der Waals surface area contributed by atoms with Gasteiger partial charge in [0.1, 0.15) is 46.5 Å². The Bertz CT molecular complexity index is 1790. The van der Waals surface area contributed by atoms with Crippen molar-refractivity contribution >= 4 is 34.8 Å². The first kappa shape index (κ1) is 34.7. The maximum Gasteiger partial charge on any atom is 0.408 e. The minimum Gasteiger partial charge on any atom is -0.497 e. The van der Waals surface area contributed by atoms with Crippen LogP contribution >= 0.6 is 0 Å². The van der Waals surface area contributed by atoms with Crippen LogP contribution in [0.3, 0.4) is 0 Å². The van der Waals surface area contributed by atoms with E-state index < -0.39 is 53.2 Å². The van der Waals surface area contributed by atoms with Crippen LogP contribution in [0.4, 0.5) is 4.79 Å². The summed E-state index contributed by atoms with van der Waals surface area (Å²) >= 11 is 0. The smallest absolute Gasteiger partial charge is 0.408 e. The first-order valence-corrected chi connectivity index (χ1v) is 16.9. The van der Waals surface area contributed by atoms with Gasteiger partial charge in [-0.1, -0.05) is 25.0 Å². The van der Waals surface area contributed by atoms with Gasteiger partial charge in [0, 0.05) is 29.9 Å². The fraction of sp³-hybridized carbons (Fsp3) is 0.500. The van der Waals surface area contributed by atoms with E-state index in [1.165, 1.54) is 17.5 Å². The van der Waals surface area contributed by atoms with E-state index in [9.17, 15) is 24.3 Å². The van der Waals surface area contributed by atoms with Crippen molar-refractivity contribution in [2.75, 3.05) is 13.7 Å². The average Bonchev–Trinajstić information content (AvgIpc) is 3.38. The molecular weight excluding hydrogens is 646 g/mol. The Balaban J connectivity index is 1.34. The van der Waals surface area contributed by atoms with Gasteiger partial charge in [-0.2, -0.15) is 0 Å². The third kappa shape index (κ3) is 7.53. The number of allylic oxidation sites excluding steroid dienone is 1. The van der Waals surface area contributed by atoms with Crippen LogP contribution in [0.15, 0.2) is 53.4 Å². The van der Waals surface area contributed by atoms with Crippen molar-refractivity contribution in [1.82, 2.24) is 25.5 Å². The molecule has 3 aliphatic rings. The van der Waals surface area contributed by atoms with Gasteiger partial charge in [0.2, 0.25) is 11.8 Å². The summed E-state index contributed by atoms with van der Waals surface area (Å²) in [5.74, 6) is -1.12. The molecule has 4 heterocycles. The van der Waals surface area contributed by atoms with Gasteiger partial charge in [0.25, 0.3) is 0 Å². The summed E-state index contributed by atoms with van der Waals surface area (Å²) in [5.41, 5.74) is -1.23. The van der Waals surface area contributed by atoms with Crippen LogP contribution < -0.4 is 20.1 Å². The van der Waals surface area contributed by atoms with Crippen LogP contribution in [0.2, 0.25) is 0 Å². The van der Waals surface area contributed by atoms with Gasteiger partial charge >= 0.3 is 12.1 Å². The number of nitrogens with zero attached hydrogens (tertiary/aromatic N) is 3. The zero-order valence-corrected chi connectivity index (χ0v) is 28.6. The number of hydrogen-bond acceptors (Lipinski definition) is 10. The molecule has 1 saturated heterocycles. The molecule has 1 aromatic carbocycles. The second-order valence-electron chi connectivity index (χ2n) is 14.1. The number of pyridine rings is 1. The molecule has 266 valence electrons. The lowest BCUT2D eigenvalue weighted by Gasteiger charge is -2.30. The molecule has 1 aliphatic carbocycles. The van der Waals surface area contributed by atoms with E-state index in [0.717, 1.165) is 19.3 Å². The predicted octanol–water partition coefficient (Wildman–Crippen LogP) is 4.62. The second-order valence-corrected chi connectivity index (χ2v) is 14.1. The van der Waals surface area contributed by atoms with Crippen LogP contribution in [-0.2, 0) is 19.1 Å². The second kappa shape index (κ2) is 14.0. The number of carboxylic acid groups (broad SMARTS) is 1. The number of carboxylic acids is 1. The van der Waals surface area contributed by atoms with E-state index in [1.807, 2.05) is 18.2 Å². The highest BCUT2D eigenvalue weighted by molar-refractivity contribution is 5.96. The van der Waals surface area contributed by atoms with E-state index in [-0.39, 0.29) is 25.3 Å². The number of alkyl carbamates (subject to hydrolysis) is 1. The lowest BCUT2D eigenvalue weighted by molar-refractivity contribution is -0.145. The number of carbonyl (C=O) groups is 4. The average molecular weight is 690 g/mol. The Kier molecular flexibility index (Phi) is 9.72. The molecule has 14 heteroatoms. The van der Waals surface area contributed by atoms with Crippen molar-refractivity contribution in [1.29, 1.82) is 0 Å². The van der Waals surface area contributed by atoms with Gasteiger partial charge in [0.05, 0.1) is 25.4 Å². The fourth-order valence-electron chi connectivity index (χ4n) is 6.65. The predicted molar refractivity (Wildman–Crippen MR) is 180 cm³/mol. The van der Waals surface area contributed by atoms with Gasteiger partial charge < -0.3 is 39.3 Å². The Morgan fingerprint density at radius 3 is 2.70 bits per heavy atom. The largest absolute Gasteiger partial charge is 0.497 e. The number of benzene rings is 1. The monoisotopic (exact) mass is 689 g/mol. The summed E-state index contributed by atoms with van der Waals surface area (Å²) in [6.07, 6.45) is 8.88. The highest BCUT2D eigenvalue weighted by atomic mass is 16.6. The van der Waals surface area contributed by atoms with Crippen LogP contribution in [0, 0.1) is 5.92 Å². The molecule has 3 amide bonds. The molecule has 6 rings (SSSR count). The number of methoxy groups -OCH3 is 1. The first-order valence-electron chi connectivity index (χ1n) is 16.9. The molecule has 14 nitrogen and oxygen atoms in total. The molecular formula is C36H43N5O9. The number of nitrogens with one attached hydrogen (secondary N) is 2. The third-order valence-electron chi connectivity index (χ3n) is 9.27. The Labute approximate surface area is 289 Å². The Morgan fingerprint density at radius 2 is 1.98 bits per heavy atom. The van der Waals surface area contributed by atoms with Gasteiger partial charge in [-0.05, 0) is 58.6 Å². The molecule has 2 aliphatic heterocycles. The number of aromatic nitrogens is 2. The van der Waals surface area contributed by atoms with Crippen LogP contribution in [0.1, 0.15) is 65.7 Å². The van der Waals surface area contributed by atoms with Crippen LogP contribution in [0.5, 0.6) is 11.5 Å². The summed E-state index contributed by atoms with van der Waals surface area (Å²) in [6.45, 7) is 5.20. The number of rotatable bonds is 6. The van der Waals surface area contributed by atoms with Crippen molar-refractivity contribution in [3.8, 4) is 23.0 Å². The van der Waals surface area contributed by atoms with Crippen molar-refractivity contribution in [3.63, 3.8) is 0 Å². The van der Waals surface area contributed by atoms with E-state index in [0.29, 0.717) is 46.7 Å². The highest BCUT2D eigenvalue weighted by Gasteiger charge is 2.61. The molecule has 0 spiro atoms. The van der Waals surface area contributed by atoms with Crippen molar-refractivity contribution in [2.24, 2.45) is 5.92 Å². The summed E-state index contributed by atoms with van der Waals surface area (Å²) in [5, 5.41) is 16.4. The van der Waals surface area contributed by atoms with Gasteiger partial charge in [-0.3, -0.25) is 9.59 Å². The Hall–Kier alpha value is -5.14. The summed E-state index contributed by atoms with van der Waals surface area (Å²) in [7, 11) is 1.56. The number of hydrogen-bond donors (Lipinski definition) is 3. The molecule has 1 saturated carbocycles. The topological polar surface area (TPSA) is 182 Å². The highest BCUT2D eigenvalue weighted by Crippen LogP contribution is 2.45. The fourth-order valence-corrected chi connectivity index (χ4v) is 6.65. The lowest BCUT2D eigenvalue weighted by Crippen LogP contribution is -2.56. The minimum absolute atomic E-state index is 0.00440. The van der Waals surface area contributed by atoms with E-state index in [1.54, 1.807) is 46.1 Å². The number of oxazole rings is 1. The van der Waals surface area contributed by atoms with Gasteiger partial charge in [0.15, 0.2) is 12.2 Å². The van der Waals surface area contributed by atoms with Crippen LogP contribution in [0.25, 0.3) is 22.4 Å². The summed E-state index contributed by atoms with van der Waals surface area (Å²) in [6, 6.07) is 5.01. The molecule has 2 fully saturated rings. The third-order valence-corrected chi connectivity index (χ3v) is 9.27. The zero-order chi connectivity index (χ0) is 35.6. The number of carbonyl (C=O) groups excluding carboxylic acids is 3. The molecule has 1 unspecified atom stereocenters. The maximum atomic E-state index is 14.4. The summed E-state index contributed by atoms with van der Waals surface area (Å²) < 4.78 is 23.0.